The average molecular weight is 295 g/mol. The number of hydrogen-bond acceptors (Lipinski definition) is 5. The summed E-state index contributed by atoms with van der Waals surface area (Å²) in [5, 5.41) is 0. The molecule has 21 heavy (non-hydrogen) atoms. The number of likely N-dealkylation sites (N-methyl/N-ethyl adjacent to an activating group) is 1. The van der Waals surface area contributed by atoms with Crippen molar-refractivity contribution in [1.82, 2.24) is 4.90 Å². The van der Waals surface area contributed by atoms with E-state index < -0.39 is 12.5 Å². The molecule has 0 saturated carbocycles. The molecule has 0 aliphatic heterocycles. The lowest BCUT2D eigenvalue weighted by Crippen LogP contribution is -2.27. The van der Waals surface area contributed by atoms with Crippen molar-refractivity contribution < 1.29 is 21.7 Å². The van der Waals surface area contributed by atoms with Crippen molar-refractivity contribution in [3.05, 3.63) is 29.8 Å². The van der Waals surface area contributed by atoms with Gasteiger partial charge in [0.05, 0.1) is 30.1 Å². The molecule has 0 aliphatic rings. The number of hydrogen-bond donors (Lipinski definition) is 0. The van der Waals surface area contributed by atoms with Gasteiger partial charge in [-0.25, -0.2) is 0 Å². The van der Waals surface area contributed by atoms with Gasteiger partial charge >= 0.3 is 5.97 Å². The second-order valence-electron chi connectivity index (χ2n) is 4.34. The molecule has 0 saturated heterocycles. The van der Waals surface area contributed by atoms with Gasteiger partial charge < -0.3 is 14.2 Å². The summed E-state index contributed by atoms with van der Waals surface area (Å²) in [5.74, 6) is 0.399. The molecule has 0 fully saturated rings. The molecule has 0 heterocycles. The lowest BCUT2D eigenvalue weighted by Gasteiger charge is -2.19. The fourth-order valence-electron chi connectivity index (χ4n) is 1.89. The highest BCUT2D eigenvalue weighted by molar-refractivity contribution is 5.71. The maximum atomic E-state index is 11.7. The number of carbonyl (C=O) groups excluding carboxylic acids is 1. The van der Waals surface area contributed by atoms with Crippen LogP contribution in [-0.2, 0) is 16.1 Å². The van der Waals surface area contributed by atoms with Crippen LogP contribution in [0.2, 0.25) is 0 Å². The summed E-state index contributed by atoms with van der Waals surface area (Å²) < 4.78 is 31.1. The number of esters is 1. The number of carbonyl (C=O) groups is 1. The number of nitrogens with zero attached hydrogens (tertiary/aromatic N) is 1. The van der Waals surface area contributed by atoms with Gasteiger partial charge in [-0.15, -0.1) is 0 Å². The number of methoxy groups -OCH3 is 2. The monoisotopic (exact) mass is 295 g/mol. The lowest BCUT2D eigenvalue weighted by molar-refractivity contribution is -0.144. The Bertz CT molecular complexity index is 577. The quantitative estimate of drug-likeness (QED) is 0.689. The molecular formula is C16H23NO4. The van der Waals surface area contributed by atoms with Gasteiger partial charge in [0.1, 0.15) is 0 Å². The van der Waals surface area contributed by atoms with E-state index in [1.54, 1.807) is 26.1 Å². The molecule has 0 aliphatic carbocycles. The normalized spacial score (nSPS) is 13.2. The standard InChI is InChI=1S/C16H23NO4/c1-6-12-8-14(19-4)15(20-5)9-13(12)10-17(3)11-16(18)21-7-2/h6,8-9H,1,7,10-11H2,2-5H3/i6D,11D. The van der Waals surface area contributed by atoms with Crippen molar-refractivity contribution in [3.8, 4) is 11.5 Å². The molecule has 1 aromatic carbocycles. The molecule has 0 amide bonds. The van der Waals surface area contributed by atoms with Gasteiger partial charge in [-0.2, -0.15) is 0 Å². The molecule has 1 aromatic rings. The second-order valence-corrected chi connectivity index (χ2v) is 4.34. The molecule has 5 heteroatoms. The van der Waals surface area contributed by atoms with E-state index in [0.29, 0.717) is 22.6 Å². The van der Waals surface area contributed by atoms with E-state index in [0.717, 1.165) is 0 Å². The summed E-state index contributed by atoms with van der Waals surface area (Å²) in [7, 11) is 4.68. The fourth-order valence-corrected chi connectivity index (χ4v) is 1.89. The zero-order valence-electron chi connectivity index (χ0n) is 14.9. The highest BCUT2D eigenvalue weighted by Gasteiger charge is 2.13. The summed E-state index contributed by atoms with van der Waals surface area (Å²) in [4.78, 5) is 13.2. The van der Waals surface area contributed by atoms with Crippen molar-refractivity contribution in [3.63, 3.8) is 0 Å². The average Bonchev–Trinajstić information content (AvgIpc) is 2.53. The van der Waals surface area contributed by atoms with Crippen LogP contribution in [0.5, 0.6) is 11.5 Å². The Balaban J connectivity index is 3.11. The third kappa shape index (κ3) is 4.79. The Hall–Kier alpha value is -2.01. The molecule has 0 bridgehead atoms. The lowest BCUT2D eigenvalue weighted by atomic mass is 10.1. The van der Waals surface area contributed by atoms with Crippen LogP contribution in [0.25, 0.3) is 6.05 Å². The molecule has 0 spiro atoms. The topological polar surface area (TPSA) is 48.0 Å². The van der Waals surface area contributed by atoms with Crippen LogP contribution in [0, 0.1) is 0 Å². The molecule has 116 valence electrons. The van der Waals surface area contributed by atoms with Crippen molar-refractivity contribution in [1.29, 1.82) is 0 Å². The van der Waals surface area contributed by atoms with Crippen molar-refractivity contribution in [2.45, 2.75) is 13.5 Å². The minimum absolute atomic E-state index is 0.118. The molecule has 1 atom stereocenters. The Morgan fingerprint density at radius 1 is 1.43 bits per heavy atom. The SMILES string of the molecule is [2H]C(=C)c1cc(OC)c(OC)cc1CN(C)C([2H])C(=O)OCC. The summed E-state index contributed by atoms with van der Waals surface area (Å²) in [6, 6.07) is 3.51. The third-order valence-corrected chi connectivity index (χ3v) is 2.83. The van der Waals surface area contributed by atoms with Crippen LogP contribution >= 0.6 is 0 Å². The number of rotatable bonds is 8. The van der Waals surface area contributed by atoms with Crippen molar-refractivity contribution in [2.75, 3.05) is 34.4 Å². The highest BCUT2D eigenvalue weighted by Crippen LogP contribution is 2.31. The van der Waals surface area contributed by atoms with Crippen LogP contribution in [0.3, 0.4) is 0 Å². The van der Waals surface area contributed by atoms with Crippen molar-refractivity contribution in [2.24, 2.45) is 0 Å². The summed E-state index contributed by atoms with van der Waals surface area (Å²) in [6.45, 7) is 4.69. The number of ether oxygens (including phenoxy) is 3. The Labute approximate surface area is 128 Å². The molecule has 1 rings (SSSR count). The molecular weight excluding hydrogens is 270 g/mol. The molecule has 1 unspecified atom stereocenters. The summed E-state index contributed by atoms with van der Waals surface area (Å²) >= 11 is 0. The first-order valence-electron chi connectivity index (χ1n) is 7.63. The summed E-state index contributed by atoms with van der Waals surface area (Å²) in [5.41, 5.74) is 1.29. The van der Waals surface area contributed by atoms with Crippen LogP contribution in [0.1, 0.15) is 20.8 Å². The van der Waals surface area contributed by atoms with Crippen LogP contribution in [0.4, 0.5) is 0 Å². The van der Waals surface area contributed by atoms with E-state index in [1.807, 2.05) is 0 Å². The van der Waals surface area contributed by atoms with Crippen LogP contribution in [0.15, 0.2) is 18.7 Å². The first-order chi connectivity index (χ1) is 10.8. The van der Waals surface area contributed by atoms with Gasteiger partial charge in [0.2, 0.25) is 0 Å². The predicted octanol–water partition coefficient (Wildman–Crippen LogP) is 2.34. The maximum absolute atomic E-state index is 11.7. The zero-order valence-corrected chi connectivity index (χ0v) is 12.9. The molecule has 0 aromatic heterocycles. The van der Waals surface area contributed by atoms with E-state index in [-0.39, 0.29) is 19.2 Å². The largest absolute Gasteiger partial charge is 0.493 e. The molecule has 5 nitrogen and oxygen atoms in total. The second kappa shape index (κ2) is 8.32. The van der Waals surface area contributed by atoms with E-state index >= 15 is 0 Å². The van der Waals surface area contributed by atoms with Crippen LogP contribution in [-0.4, -0.2) is 45.3 Å². The molecule has 0 N–H and O–H groups in total. The van der Waals surface area contributed by atoms with Crippen molar-refractivity contribution >= 4 is 12.0 Å². The van der Waals surface area contributed by atoms with Gasteiger partial charge in [-0.1, -0.05) is 12.6 Å². The van der Waals surface area contributed by atoms with Gasteiger partial charge in [0, 0.05) is 6.54 Å². The van der Waals surface area contributed by atoms with Crippen LogP contribution < -0.4 is 9.47 Å². The summed E-state index contributed by atoms with van der Waals surface area (Å²) in [6.07, 6.45) is 0. The van der Waals surface area contributed by atoms with E-state index in [1.165, 1.54) is 19.1 Å². The van der Waals surface area contributed by atoms with Gasteiger partial charge in [0.25, 0.3) is 0 Å². The smallest absolute Gasteiger partial charge is 0.320 e. The zero-order chi connectivity index (χ0) is 17.6. The van der Waals surface area contributed by atoms with Gasteiger partial charge in [0.15, 0.2) is 11.5 Å². The Kier molecular flexibility index (Phi) is 5.52. The number of benzene rings is 1. The minimum atomic E-state index is -1.14. The highest BCUT2D eigenvalue weighted by atomic mass is 16.5. The predicted molar refractivity (Wildman–Crippen MR) is 82.6 cm³/mol. The maximum Gasteiger partial charge on any atom is 0.320 e. The van der Waals surface area contributed by atoms with E-state index in [2.05, 4.69) is 6.58 Å². The van der Waals surface area contributed by atoms with Gasteiger partial charge in [-0.3, -0.25) is 9.69 Å². The van der Waals surface area contributed by atoms with Gasteiger partial charge in [-0.05, 0) is 37.2 Å². The Morgan fingerprint density at radius 3 is 2.57 bits per heavy atom. The minimum Gasteiger partial charge on any atom is -0.493 e. The molecule has 0 radical (unpaired) electrons. The first-order valence-corrected chi connectivity index (χ1v) is 6.55. The fraction of sp³-hybridized carbons (Fsp3) is 0.438. The van der Waals surface area contributed by atoms with E-state index in [4.69, 9.17) is 17.0 Å². The van der Waals surface area contributed by atoms with E-state index in [9.17, 15) is 4.79 Å². The Morgan fingerprint density at radius 2 is 2.05 bits per heavy atom. The first kappa shape index (κ1) is 13.9. The third-order valence-electron chi connectivity index (χ3n) is 2.83.